The summed E-state index contributed by atoms with van der Waals surface area (Å²) in [7, 11) is 0. The second-order valence-corrected chi connectivity index (χ2v) is 4.50. The van der Waals surface area contributed by atoms with Crippen LogP contribution in [0.25, 0.3) is 0 Å². The van der Waals surface area contributed by atoms with Gasteiger partial charge in [-0.25, -0.2) is 4.39 Å². The largest absolute Gasteiger partial charge is 0.489 e. The van der Waals surface area contributed by atoms with Crippen LogP contribution in [0, 0.1) is 17.7 Å². The molecular formula is C15H18FNO2. The molecule has 102 valence electrons. The van der Waals surface area contributed by atoms with Crippen LogP contribution < -0.4 is 4.74 Å². The highest BCUT2D eigenvalue weighted by atomic mass is 19.1. The quantitative estimate of drug-likeness (QED) is 0.838. The Morgan fingerprint density at radius 2 is 2.11 bits per heavy atom. The fourth-order valence-electron chi connectivity index (χ4n) is 2.12. The van der Waals surface area contributed by atoms with Crippen molar-refractivity contribution in [3.63, 3.8) is 0 Å². The first-order chi connectivity index (χ1) is 9.29. The summed E-state index contributed by atoms with van der Waals surface area (Å²) in [4.78, 5) is 2.31. The molecule has 0 unspecified atom stereocenters. The number of ether oxygens (including phenoxy) is 1. The van der Waals surface area contributed by atoms with E-state index in [2.05, 4.69) is 16.7 Å². The average Bonchev–Trinajstić information content (AvgIpc) is 2.92. The van der Waals surface area contributed by atoms with Crippen LogP contribution in [0.1, 0.15) is 18.4 Å². The van der Waals surface area contributed by atoms with Gasteiger partial charge in [0.2, 0.25) is 0 Å². The number of aliphatic hydroxyl groups excluding tert-OH is 1. The van der Waals surface area contributed by atoms with E-state index in [0.717, 1.165) is 19.6 Å². The van der Waals surface area contributed by atoms with Crippen LogP contribution in [0.15, 0.2) is 18.2 Å². The summed E-state index contributed by atoms with van der Waals surface area (Å²) >= 11 is 0. The SMILES string of the molecule is OCC#Cc1ccc(F)c(OCCN2CCCC2)c1. The van der Waals surface area contributed by atoms with Crippen LogP contribution in [0.2, 0.25) is 0 Å². The van der Waals surface area contributed by atoms with E-state index < -0.39 is 0 Å². The zero-order valence-corrected chi connectivity index (χ0v) is 10.9. The molecule has 0 amide bonds. The molecule has 0 radical (unpaired) electrons. The Hall–Kier alpha value is -1.57. The van der Waals surface area contributed by atoms with Gasteiger partial charge in [-0.1, -0.05) is 11.8 Å². The average molecular weight is 263 g/mol. The Labute approximate surface area is 113 Å². The molecule has 4 heteroatoms. The summed E-state index contributed by atoms with van der Waals surface area (Å²) in [6.45, 7) is 3.31. The number of aliphatic hydroxyl groups is 1. The zero-order valence-electron chi connectivity index (χ0n) is 10.9. The highest BCUT2D eigenvalue weighted by molar-refractivity contribution is 5.40. The van der Waals surface area contributed by atoms with Crippen LogP contribution in [-0.4, -0.2) is 42.9 Å². The van der Waals surface area contributed by atoms with Gasteiger partial charge in [0.15, 0.2) is 11.6 Å². The van der Waals surface area contributed by atoms with Gasteiger partial charge < -0.3 is 9.84 Å². The molecule has 1 aromatic carbocycles. The number of halogens is 1. The van der Waals surface area contributed by atoms with Gasteiger partial charge in [-0.2, -0.15) is 0 Å². The van der Waals surface area contributed by atoms with Gasteiger partial charge in [0, 0.05) is 12.1 Å². The molecule has 1 saturated heterocycles. The minimum atomic E-state index is -0.379. The van der Waals surface area contributed by atoms with Gasteiger partial charge in [0.25, 0.3) is 0 Å². The fourth-order valence-corrected chi connectivity index (χ4v) is 2.12. The highest BCUT2D eigenvalue weighted by Gasteiger charge is 2.11. The van der Waals surface area contributed by atoms with Gasteiger partial charge in [0.1, 0.15) is 13.2 Å². The van der Waals surface area contributed by atoms with E-state index in [1.165, 1.54) is 18.9 Å². The number of hydrogen-bond donors (Lipinski definition) is 1. The van der Waals surface area contributed by atoms with Crippen molar-refractivity contribution in [2.75, 3.05) is 32.8 Å². The van der Waals surface area contributed by atoms with E-state index in [0.29, 0.717) is 12.2 Å². The Balaban J connectivity index is 1.90. The van der Waals surface area contributed by atoms with Gasteiger partial charge in [-0.05, 0) is 44.1 Å². The lowest BCUT2D eigenvalue weighted by Crippen LogP contribution is -2.25. The van der Waals surface area contributed by atoms with Crippen LogP contribution in [0.3, 0.4) is 0 Å². The molecule has 1 aromatic rings. The summed E-state index contributed by atoms with van der Waals surface area (Å²) in [5.41, 5.74) is 0.645. The molecule has 0 bridgehead atoms. The van der Waals surface area contributed by atoms with Crippen LogP contribution in [0.5, 0.6) is 5.75 Å². The number of rotatable bonds is 4. The predicted octanol–water partition coefficient (Wildman–Crippen LogP) is 1.64. The van der Waals surface area contributed by atoms with Crippen molar-refractivity contribution in [2.24, 2.45) is 0 Å². The van der Waals surface area contributed by atoms with E-state index >= 15 is 0 Å². The summed E-state index contributed by atoms with van der Waals surface area (Å²) < 4.78 is 19.0. The second kappa shape index (κ2) is 7.13. The lowest BCUT2D eigenvalue weighted by atomic mass is 10.2. The lowest BCUT2D eigenvalue weighted by molar-refractivity contribution is 0.231. The van der Waals surface area contributed by atoms with E-state index in [1.807, 2.05) is 0 Å². The van der Waals surface area contributed by atoms with Crippen molar-refractivity contribution >= 4 is 0 Å². The third-order valence-corrected chi connectivity index (χ3v) is 3.11. The van der Waals surface area contributed by atoms with E-state index in [-0.39, 0.29) is 18.2 Å². The topological polar surface area (TPSA) is 32.7 Å². The number of nitrogens with zero attached hydrogens (tertiary/aromatic N) is 1. The molecule has 1 heterocycles. The van der Waals surface area contributed by atoms with E-state index in [4.69, 9.17) is 9.84 Å². The maximum absolute atomic E-state index is 13.6. The third-order valence-electron chi connectivity index (χ3n) is 3.11. The molecule has 19 heavy (non-hydrogen) atoms. The molecule has 0 aliphatic carbocycles. The Morgan fingerprint density at radius 3 is 2.84 bits per heavy atom. The first-order valence-corrected chi connectivity index (χ1v) is 6.54. The molecule has 0 saturated carbocycles. The van der Waals surface area contributed by atoms with Gasteiger partial charge in [-0.15, -0.1) is 0 Å². The maximum atomic E-state index is 13.6. The lowest BCUT2D eigenvalue weighted by Gasteiger charge is -2.15. The monoisotopic (exact) mass is 263 g/mol. The number of benzene rings is 1. The smallest absolute Gasteiger partial charge is 0.165 e. The maximum Gasteiger partial charge on any atom is 0.165 e. The first kappa shape index (κ1) is 13.9. The van der Waals surface area contributed by atoms with Crippen molar-refractivity contribution in [1.82, 2.24) is 4.90 Å². The number of likely N-dealkylation sites (tertiary alicyclic amines) is 1. The molecule has 1 aliphatic rings. The summed E-state index contributed by atoms with van der Waals surface area (Å²) in [6, 6.07) is 4.49. The minimum absolute atomic E-state index is 0.206. The standard InChI is InChI=1S/C15H18FNO2/c16-14-6-5-13(4-3-10-18)12-15(14)19-11-9-17-7-1-2-8-17/h5-6,12,18H,1-2,7-11H2. The first-order valence-electron chi connectivity index (χ1n) is 6.54. The van der Waals surface area contributed by atoms with Crippen LogP contribution in [0.4, 0.5) is 4.39 Å². The second-order valence-electron chi connectivity index (χ2n) is 4.50. The molecule has 0 spiro atoms. The Bertz CT molecular complexity index is 473. The van der Waals surface area contributed by atoms with E-state index in [9.17, 15) is 4.39 Å². The Kier molecular flexibility index (Phi) is 5.20. The molecule has 3 nitrogen and oxygen atoms in total. The van der Waals surface area contributed by atoms with Crippen molar-refractivity contribution in [3.05, 3.63) is 29.6 Å². The van der Waals surface area contributed by atoms with Crippen molar-refractivity contribution in [3.8, 4) is 17.6 Å². The molecule has 1 N–H and O–H groups in total. The highest BCUT2D eigenvalue weighted by Crippen LogP contribution is 2.18. The zero-order chi connectivity index (χ0) is 13.5. The number of hydrogen-bond acceptors (Lipinski definition) is 3. The molecule has 2 rings (SSSR count). The van der Waals surface area contributed by atoms with Crippen LogP contribution >= 0.6 is 0 Å². The van der Waals surface area contributed by atoms with Gasteiger partial charge >= 0.3 is 0 Å². The summed E-state index contributed by atoms with van der Waals surface area (Å²) in [6.07, 6.45) is 2.47. The molecule has 1 fully saturated rings. The molecule has 0 atom stereocenters. The normalized spacial score (nSPS) is 15.1. The van der Waals surface area contributed by atoms with Crippen molar-refractivity contribution in [2.45, 2.75) is 12.8 Å². The van der Waals surface area contributed by atoms with Crippen molar-refractivity contribution < 1.29 is 14.2 Å². The third kappa shape index (κ3) is 4.23. The summed E-state index contributed by atoms with van der Waals surface area (Å²) in [5.74, 6) is 5.11. The van der Waals surface area contributed by atoms with Gasteiger partial charge in [-0.3, -0.25) is 4.90 Å². The summed E-state index contributed by atoms with van der Waals surface area (Å²) in [5, 5.41) is 8.63. The molecule has 0 aromatic heterocycles. The van der Waals surface area contributed by atoms with Crippen LogP contribution in [-0.2, 0) is 0 Å². The molecule has 1 aliphatic heterocycles. The van der Waals surface area contributed by atoms with Crippen molar-refractivity contribution in [1.29, 1.82) is 0 Å². The van der Waals surface area contributed by atoms with Gasteiger partial charge in [0.05, 0.1) is 0 Å². The minimum Gasteiger partial charge on any atom is -0.489 e. The predicted molar refractivity (Wildman–Crippen MR) is 71.5 cm³/mol. The van der Waals surface area contributed by atoms with E-state index in [1.54, 1.807) is 12.1 Å². The fraction of sp³-hybridized carbons (Fsp3) is 0.467. The molecular weight excluding hydrogens is 245 g/mol. The Morgan fingerprint density at radius 1 is 1.32 bits per heavy atom.